The molecule has 0 saturated heterocycles. The first-order chi connectivity index (χ1) is 24.3. The second kappa shape index (κ2) is 17.6. The number of carbonyl (C=O) groups is 4. The Morgan fingerprint density at radius 2 is 1.69 bits per heavy atom. The molecule has 0 spiro atoms. The lowest BCUT2D eigenvalue weighted by Crippen LogP contribution is -2.54. The molecule has 0 aliphatic heterocycles. The molecule has 3 atom stereocenters. The number of nitrogens with one attached hydrogen (secondary N) is 6. The van der Waals surface area contributed by atoms with Crippen molar-refractivity contribution in [2.24, 2.45) is 5.73 Å². The van der Waals surface area contributed by atoms with E-state index < -0.39 is 58.3 Å². The van der Waals surface area contributed by atoms with Crippen molar-refractivity contribution >= 4 is 45.7 Å². The zero-order valence-electron chi connectivity index (χ0n) is 27.7. The predicted octanol–water partition coefficient (Wildman–Crippen LogP) is 1.60. The van der Waals surface area contributed by atoms with Gasteiger partial charge in [-0.15, -0.1) is 0 Å². The van der Waals surface area contributed by atoms with Gasteiger partial charge in [-0.05, 0) is 41.2 Å². The normalized spacial score (nSPS) is 14.2. The number of carbonyl (C=O) groups excluding carboxylic acids is 3. The minimum atomic E-state index is -3.65. The summed E-state index contributed by atoms with van der Waals surface area (Å²) in [6, 6.07) is 11.8. The first kappa shape index (κ1) is 37.8. The van der Waals surface area contributed by atoms with Crippen molar-refractivity contribution in [3.63, 3.8) is 0 Å². The molecule has 0 fully saturated rings. The van der Waals surface area contributed by atoms with Crippen LogP contribution in [0.3, 0.4) is 0 Å². The number of guanidine groups is 1. The molecule has 1 heterocycles. The van der Waals surface area contributed by atoms with E-state index in [1.807, 2.05) is 48.5 Å². The first-order valence-electron chi connectivity index (χ1n) is 15.9. The number of hydrogen-bond donors (Lipinski definition) is 8. The molecule has 3 aromatic rings. The van der Waals surface area contributed by atoms with Crippen LogP contribution in [0.4, 0.5) is 4.79 Å². The molecule has 9 N–H and O–H groups in total. The van der Waals surface area contributed by atoms with Crippen LogP contribution in [0.5, 0.6) is 0 Å². The van der Waals surface area contributed by atoms with Gasteiger partial charge in [-0.25, -0.2) is 18.2 Å². The van der Waals surface area contributed by atoms with Gasteiger partial charge in [0.05, 0.1) is 24.5 Å². The number of fused-ring (bicyclic) bond motifs is 3. The fraction of sp³-hybridized carbons (Fsp3) is 0.294. The zero-order valence-corrected chi connectivity index (χ0v) is 28.5. The summed E-state index contributed by atoms with van der Waals surface area (Å²) >= 11 is 0. The van der Waals surface area contributed by atoms with Crippen LogP contribution in [0.2, 0.25) is 0 Å². The number of aromatic nitrogens is 2. The quantitative estimate of drug-likeness (QED) is 0.0564. The average molecular weight is 721 g/mol. The van der Waals surface area contributed by atoms with E-state index in [4.69, 9.17) is 15.9 Å². The Bertz CT molecular complexity index is 1850. The lowest BCUT2D eigenvalue weighted by molar-refractivity contribution is -0.137. The Labute approximate surface area is 294 Å². The highest BCUT2D eigenvalue weighted by Crippen LogP contribution is 2.44. The highest BCUT2D eigenvalue weighted by atomic mass is 32.2. The first-order valence-corrected chi connectivity index (χ1v) is 17.8. The molecule has 17 heteroatoms. The maximum atomic E-state index is 13.7. The third-order valence-corrected chi connectivity index (χ3v) is 8.43. The molecule has 0 radical (unpaired) electrons. The number of nitrogens with two attached hydrogens (primary N) is 1. The minimum absolute atomic E-state index is 0.0104. The van der Waals surface area contributed by atoms with E-state index >= 15 is 0 Å². The Hall–Kier alpha value is -5.97. The third kappa shape index (κ3) is 11.6. The van der Waals surface area contributed by atoms with Gasteiger partial charge in [0, 0.05) is 30.3 Å². The summed E-state index contributed by atoms with van der Waals surface area (Å²) in [5.74, 6) is -3.46. The lowest BCUT2D eigenvalue weighted by Gasteiger charge is -2.23. The predicted molar refractivity (Wildman–Crippen MR) is 189 cm³/mol. The number of aromatic amines is 1. The molecule has 1 unspecified atom stereocenters. The number of alkyl carbamates (subject to hydrolysis) is 1. The maximum absolute atomic E-state index is 13.7. The van der Waals surface area contributed by atoms with Crippen LogP contribution in [0.1, 0.15) is 42.0 Å². The van der Waals surface area contributed by atoms with E-state index in [0.717, 1.165) is 40.0 Å². The van der Waals surface area contributed by atoms with Crippen LogP contribution in [0.25, 0.3) is 17.2 Å². The molecule has 1 aliphatic carbocycles. The second-order valence-electron chi connectivity index (χ2n) is 11.7. The number of ether oxygens (including phenoxy) is 1. The summed E-state index contributed by atoms with van der Waals surface area (Å²) in [6.45, 7) is 0.196. The van der Waals surface area contributed by atoms with Gasteiger partial charge < -0.3 is 41.8 Å². The summed E-state index contributed by atoms with van der Waals surface area (Å²) in [5, 5.41) is 27.7. The number of nitrogens with zero attached hydrogens (tertiary/aromatic N) is 1. The van der Waals surface area contributed by atoms with Gasteiger partial charge in [0.1, 0.15) is 18.7 Å². The van der Waals surface area contributed by atoms with E-state index in [0.29, 0.717) is 5.69 Å². The van der Waals surface area contributed by atoms with E-state index in [-0.39, 0.29) is 37.9 Å². The van der Waals surface area contributed by atoms with Crippen LogP contribution >= 0.6 is 0 Å². The third-order valence-electron chi connectivity index (χ3n) is 7.78. The zero-order chi connectivity index (χ0) is 37.0. The molecule has 2 aromatic carbocycles. The van der Waals surface area contributed by atoms with E-state index in [1.54, 1.807) is 0 Å². The number of rotatable bonds is 17. The molecule has 16 nitrogen and oxygen atoms in total. The molecular weight excluding hydrogens is 680 g/mol. The number of sulfone groups is 1. The smallest absolute Gasteiger partial charge is 0.407 e. The van der Waals surface area contributed by atoms with Crippen molar-refractivity contribution in [3.05, 3.63) is 95.4 Å². The molecule has 0 saturated carbocycles. The van der Waals surface area contributed by atoms with Gasteiger partial charge in [0.15, 0.2) is 15.8 Å². The number of aliphatic carboxylic acids is 1. The fourth-order valence-electron chi connectivity index (χ4n) is 5.46. The van der Waals surface area contributed by atoms with E-state index in [9.17, 15) is 32.7 Å². The number of hydrogen-bond acceptors (Lipinski definition) is 9. The van der Waals surface area contributed by atoms with Crippen molar-refractivity contribution in [3.8, 4) is 11.1 Å². The van der Waals surface area contributed by atoms with Crippen molar-refractivity contribution < 1.29 is 37.4 Å². The molecule has 1 aliphatic rings. The number of carboxylic acids is 1. The van der Waals surface area contributed by atoms with Gasteiger partial charge in [0.25, 0.3) is 0 Å². The van der Waals surface area contributed by atoms with E-state index in [2.05, 4.69) is 31.2 Å². The Balaban J connectivity index is 1.51. The van der Waals surface area contributed by atoms with Crippen LogP contribution in [-0.4, -0.2) is 90.9 Å². The van der Waals surface area contributed by atoms with Gasteiger partial charge in [-0.3, -0.25) is 19.8 Å². The van der Waals surface area contributed by atoms with Crippen molar-refractivity contribution in [1.82, 2.24) is 31.2 Å². The highest BCUT2D eigenvalue weighted by Gasteiger charge is 2.31. The summed E-state index contributed by atoms with van der Waals surface area (Å²) in [5.41, 5.74) is 9.87. The van der Waals surface area contributed by atoms with Gasteiger partial charge in [0.2, 0.25) is 11.8 Å². The molecule has 0 bridgehead atoms. The molecule has 4 rings (SSSR count). The van der Waals surface area contributed by atoms with Crippen LogP contribution in [0.15, 0.2) is 78.6 Å². The Kier molecular flexibility index (Phi) is 13.1. The summed E-state index contributed by atoms with van der Waals surface area (Å²) < 4.78 is 29.0. The summed E-state index contributed by atoms with van der Waals surface area (Å²) in [6.07, 6.45) is 6.41. The topological polar surface area (TPSA) is 259 Å². The Morgan fingerprint density at radius 1 is 1.02 bits per heavy atom. The van der Waals surface area contributed by atoms with Crippen molar-refractivity contribution in [2.75, 3.05) is 19.4 Å². The van der Waals surface area contributed by atoms with Gasteiger partial charge in [-0.2, -0.15) is 0 Å². The largest absolute Gasteiger partial charge is 0.481 e. The second-order valence-corrected chi connectivity index (χ2v) is 13.6. The number of carboxylic acid groups (broad SMARTS) is 1. The number of H-pyrrole nitrogens is 1. The van der Waals surface area contributed by atoms with Crippen LogP contribution < -0.4 is 27.0 Å². The highest BCUT2D eigenvalue weighted by molar-refractivity contribution is 7.93. The van der Waals surface area contributed by atoms with Crippen LogP contribution in [-0.2, 0) is 29.0 Å². The lowest BCUT2D eigenvalue weighted by atomic mass is 9.98. The fourth-order valence-corrected chi connectivity index (χ4v) is 5.93. The number of imidazole rings is 1. The molecule has 3 amide bonds. The SMILES string of the molecule is CS(=O)(=O)/C=C/[C@H](CC(=O)O)NC(=O)C(/C=C/c1c[nH]cn1)NC(=O)[C@H](CCCNC(=N)N)NC(=O)OCC1c2ccccc2-c2ccccc21. The monoisotopic (exact) mass is 720 g/mol. The molecule has 51 heavy (non-hydrogen) atoms. The number of benzene rings is 2. The van der Waals surface area contributed by atoms with Crippen molar-refractivity contribution in [1.29, 1.82) is 5.41 Å². The summed E-state index contributed by atoms with van der Waals surface area (Å²) in [7, 11) is -3.65. The Morgan fingerprint density at radius 3 is 2.27 bits per heavy atom. The average Bonchev–Trinajstić information content (AvgIpc) is 3.71. The van der Waals surface area contributed by atoms with E-state index in [1.165, 1.54) is 24.7 Å². The van der Waals surface area contributed by atoms with Crippen LogP contribution in [0, 0.1) is 5.41 Å². The maximum Gasteiger partial charge on any atom is 0.407 e. The van der Waals surface area contributed by atoms with Gasteiger partial charge >= 0.3 is 12.1 Å². The standard InChI is InChI=1S/C34H40N8O8S/c1-51(48,49)16-14-21(17-30(43)44)40-31(45)29(13-12-22-18-37-20-39-22)41-32(46)28(11-6-15-38-33(35)36)42-34(47)50-19-27-25-9-4-2-7-23(25)24-8-3-5-10-26(24)27/h2-5,7-10,12-14,16,18,20-21,27-29H,6,11,15,17,19H2,1H3,(H,37,39)(H,40,45)(H,41,46)(H,42,47)(H,43,44)(H4,35,36,38)/b13-12+,16-14+/t21-,28+,29?/m1/s1. The van der Waals surface area contributed by atoms with Gasteiger partial charge in [-0.1, -0.05) is 60.7 Å². The van der Waals surface area contributed by atoms with Crippen molar-refractivity contribution in [2.45, 2.75) is 43.3 Å². The molecule has 1 aromatic heterocycles. The number of amides is 3. The molecular formula is C34H40N8O8S. The summed E-state index contributed by atoms with van der Waals surface area (Å²) in [4.78, 5) is 58.6. The molecule has 270 valence electrons. The minimum Gasteiger partial charge on any atom is -0.481 e.